The molecule has 0 radical (unpaired) electrons. The summed E-state index contributed by atoms with van der Waals surface area (Å²) >= 11 is 0. The highest BCUT2D eigenvalue weighted by Gasteiger charge is 2.15. The van der Waals surface area contributed by atoms with E-state index in [9.17, 15) is 14.9 Å². The molecule has 1 saturated carbocycles. The molecule has 21 heavy (non-hydrogen) atoms. The Bertz CT molecular complexity index is 553. The third kappa shape index (κ3) is 4.62. The zero-order chi connectivity index (χ0) is 15.2. The molecule has 1 aliphatic carbocycles. The maximum absolute atomic E-state index is 11.7. The number of nitrogens with zero attached hydrogens (tertiary/aromatic N) is 5. The summed E-state index contributed by atoms with van der Waals surface area (Å²) in [5, 5.41) is 18.2. The molecule has 9 heteroatoms. The van der Waals surface area contributed by atoms with Gasteiger partial charge in [0.05, 0.1) is 6.54 Å². The number of nitrogens with one attached hydrogen (secondary N) is 1. The van der Waals surface area contributed by atoms with E-state index < -0.39 is 10.9 Å². The monoisotopic (exact) mass is 294 g/mol. The maximum Gasteiger partial charge on any atom is 0.490 e. The van der Waals surface area contributed by atoms with Gasteiger partial charge in [-0.1, -0.05) is 11.9 Å². The predicted octanol–water partition coefficient (Wildman–Crippen LogP) is 1.26. The molecule has 1 fully saturated rings. The van der Waals surface area contributed by atoms with E-state index in [-0.39, 0.29) is 18.9 Å². The number of hydrogen-bond donors (Lipinski definition) is 1. The third-order valence-corrected chi connectivity index (χ3v) is 3.34. The van der Waals surface area contributed by atoms with Crippen molar-refractivity contribution in [1.29, 1.82) is 0 Å². The fraction of sp³-hybridized carbons (Fsp3) is 0.667. The van der Waals surface area contributed by atoms with Gasteiger partial charge in [0.25, 0.3) is 0 Å². The molecular weight excluding hydrogens is 276 g/mol. The summed E-state index contributed by atoms with van der Waals surface area (Å²) in [6.07, 6.45) is 5.55. The number of hydrazone groups is 1. The van der Waals surface area contributed by atoms with Crippen molar-refractivity contribution in [3.63, 3.8) is 0 Å². The van der Waals surface area contributed by atoms with E-state index in [1.807, 2.05) is 0 Å². The molecule has 0 spiro atoms. The molecule has 0 bridgehead atoms. The second-order valence-corrected chi connectivity index (χ2v) is 5.23. The molecule has 0 saturated heterocycles. The van der Waals surface area contributed by atoms with E-state index in [4.69, 9.17) is 0 Å². The summed E-state index contributed by atoms with van der Waals surface area (Å²) < 4.78 is 1.27. The van der Waals surface area contributed by atoms with Crippen LogP contribution in [-0.4, -0.2) is 31.3 Å². The van der Waals surface area contributed by atoms with Crippen LogP contribution in [0, 0.1) is 16.0 Å². The molecule has 1 aromatic rings. The van der Waals surface area contributed by atoms with Gasteiger partial charge >= 0.3 is 5.95 Å². The first kappa shape index (κ1) is 15.1. The summed E-state index contributed by atoms with van der Waals surface area (Å²) in [4.78, 5) is 24.9. The molecule has 1 heterocycles. The highest BCUT2D eigenvalue weighted by Crippen LogP contribution is 2.20. The maximum atomic E-state index is 11.7. The lowest BCUT2D eigenvalue weighted by Crippen LogP contribution is -2.23. The molecule has 114 valence electrons. The van der Waals surface area contributed by atoms with Gasteiger partial charge in [-0.3, -0.25) is 4.79 Å². The van der Waals surface area contributed by atoms with Gasteiger partial charge in [0, 0.05) is 17.2 Å². The lowest BCUT2D eigenvalue weighted by Gasteiger charge is -2.18. The normalized spacial score (nSPS) is 20.4. The average Bonchev–Trinajstić information content (AvgIpc) is 2.92. The van der Waals surface area contributed by atoms with Crippen molar-refractivity contribution < 1.29 is 9.72 Å². The molecule has 9 nitrogen and oxygen atoms in total. The molecule has 1 atom stereocenters. The summed E-state index contributed by atoms with van der Waals surface area (Å²) in [5.41, 5.74) is 3.55. The second kappa shape index (κ2) is 6.91. The zero-order valence-electron chi connectivity index (χ0n) is 11.9. The molecule has 0 aromatic carbocycles. The van der Waals surface area contributed by atoms with Crippen molar-refractivity contribution in [3.05, 3.63) is 16.4 Å². The number of aryl methyl sites for hydroxylation is 1. The van der Waals surface area contributed by atoms with Crippen LogP contribution in [0.15, 0.2) is 11.4 Å². The number of carbonyl (C=O) groups is 1. The Balaban J connectivity index is 1.76. The quantitative estimate of drug-likeness (QED) is 0.648. The highest BCUT2D eigenvalue weighted by molar-refractivity contribution is 5.87. The first-order valence-corrected chi connectivity index (χ1v) is 6.92. The smallest absolute Gasteiger partial charge is 0.390 e. The van der Waals surface area contributed by atoms with Gasteiger partial charge in [-0.2, -0.15) is 9.78 Å². The van der Waals surface area contributed by atoms with Gasteiger partial charge in [-0.05, 0) is 36.5 Å². The lowest BCUT2D eigenvalue weighted by atomic mass is 9.89. The Morgan fingerprint density at radius 2 is 2.48 bits per heavy atom. The average molecular weight is 294 g/mol. The molecule has 1 aliphatic rings. The first-order valence-electron chi connectivity index (χ1n) is 6.92. The fourth-order valence-corrected chi connectivity index (χ4v) is 2.25. The third-order valence-electron chi connectivity index (χ3n) is 3.34. The highest BCUT2D eigenvalue weighted by atomic mass is 16.6. The van der Waals surface area contributed by atoms with E-state index in [1.165, 1.54) is 17.4 Å². The topological polar surface area (TPSA) is 115 Å². The molecule has 1 N–H and O–H groups in total. The van der Waals surface area contributed by atoms with E-state index in [2.05, 4.69) is 27.5 Å². The molecule has 1 aromatic heterocycles. The van der Waals surface area contributed by atoms with Crippen LogP contribution in [0.3, 0.4) is 0 Å². The van der Waals surface area contributed by atoms with Gasteiger partial charge in [0.2, 0.25) is 12.2 Å². The van der Waals surface area contributed by atoms with Gasteiger partial charge in [0.1, 0.15) is 0 Å². The minimum absolute atomic E-state index is 0.146. The van der Waals surface area contributed by atoms with Crippen LogP contribution in [0.1, 0.15) is 39.0 Å². The predicted molar refractivity (Wildman–Crippen MR) is 74.5 cm³/mol. The van der Waals surface area contributed by atoms with Crippen LogP contribution in [0.25, 0.3) is 0 Å². The van der Waals surface area contributed by atoms with Crippen LogP contribution in [0.4, 0.5) is 5.95 Å². The summed E-state index contributed by atoms with van der Waals surface area (Å²) in [6.45, 7) is 2.40. The Kier molecular flexibility index (Phi) is 4.96. The summed E-state index contributed by atoms with van der Waals surface area (Å²) in [7, 11) is 0. The largest absolute Gasteiger partial charge is 0.490 e. The van der Waals surface area contributed by atoms with Gasteiger partial charge < -0.3 is 10.1 Å². The minimum Gasteiger partial charge on any atom is -0.390 e. The number of aromatic nitrogens is 3. The van der Waals surface area contributed by atoms with E-state index in [0.29, 0.717) is 5.92 Å². The SMILES string of the molecule is C[C@H]1CCC/C(=N/NC(=O)CCn2cnc([N+](=O)[O-])n2)C1. The van der Waals surface area contributed by atoms with Crippen molar-refractivity contribution in [3.8, 4) is 0 Å². The van der Waals surface area contributed by atoms with Crippen LogP contribution in [0.2, 0.25) is 0 Å². The Morgan fingerprint density at radius 3 is 3.14 bits per heavy atom. The standard InChI is InChI=1S/C12H18N6O3/c1-9-3-2-4-10(7-9)14-15-11(19)5-6-17-8-13-12(16-17)18(20)21/h8-9H,2-7H2,1H3,(H,15,19)/b14-10-/t9-/m0/s1. The molecule has 1 amide bonds. The van der Waals surface area contributed by atoms with Gasteiger partial charge in [0.15, 0.2) is 0 Å². The fourth-order valence-electron chi connectivity index (χ4n) is 2.25. The number of amides is 1. The molecule has 0 aliphatic heterocycles. The number of rotatable bonds is 5. The van der Waals surface area contributed by atoms with Crippen molar-refractivity contribution in [2.75, 3.05) is 0 Å². The molecular formula is C12H18N6O3. The van der Waals surface area contributed by atoms with E-state index in [0.717, 1.165) is 25.0 Å². The van der Waals surface area contributed by atoms with E-state index >= 15 is 0 Å². The van der Waals surface area contributed by atoms with E-state index in [1.54, 1.807) is 0 Å². The number of carbonyl (C=O) groups excluding carboxylic acids is 1. The Hall–Kier alpha value is -2.32. The Morgan fingerprint density at radius 1 is 1.67 bits per heavy atom. The number of hydrogen-bond acceptors (Lipinski definition) is 6. The van der Waals surface area contributed by atoms with Crippen LogP contribution >= 0.6 is 0 Å². The van der Waals surface area contributed by atoms with Crippen molar-refractivity contribution in [1.82, 2.24) is 20.2 Å². The van der Waals surface area contributed by atoms with Crippen molar-refractivity contribution >= 4 is 17.6 Å². The second-order valence-electron chi connectivity index (χ2n) is 5.23. The summed E-state index contributed by atoms with van der Waals surface area (Å²) in [6, 6.07) is 0. The lowest BCUT2D eigenvalue weighted by molar-refractivity contribution is -0.394. The van der Waals surface area contributed by atoms with Gasteiger partial charge in [-0.15, -0.1) is 0 Å². The summed E-state index contributed by atoms with van der Waals surface area (Å²) in [5.74, 6) is -0.0872. The van der Waals surface area contributed by atoms with Crippen LogP contribution in [-0.2, 0) is 11.3 Å². The van der Waals surface area contributed by atoms with Gasteiger partial charge in [-0.25, -0.2) is 5.43 Å². The first-order chi connectivity index (χ1) is 10.0. The zero-order valence-corrected chi connectivity index (χ0v) is 11.9. The Labute approximate surface area is 121 Å². The molecule has 2 rings (SSSR count). The molecule has 0 unspecified atom stereocenters. The van der Waals surface area contributed by atoms with Crippen LogP contribution in [0.5, 0.6) is 0 Å². The number of nitro groups is 1. The van der Waals surface area contributed by atoms with Crippen LogP contribution < -0.4 is 5.43 Å². The van der Waals surface area contributed by atoms with Crippen molar-refractivity contribution in [2.24, 2.45) is 11.0 Å². The van der Waals surface area contributed by atoms with Crippen molar-refractivity contribution in [2.45, 2.75) is 45.6 Å². The minimum atomic E-state index is -0.674.